The number of nitrogens with one attached hydrogen (secondary N) is 1. The molecule has 0 radical (unpaired) electrons. The highest BCUT2D eigenvalue weighted by atomic mass is 14.8. The molecule has 0 aliphatic rings. The zero-order valence-electron chi connectivity index (χ0n) is 13.6. The van der Waals surface area contributed by atoms with E-state index in [2.05, 4.69) is 66.0 Å². The van der Waals surface area contributed by atoms with Gasteiger partial charge in [0, 0.05) is 0 Å². The average Bonchev–Trinajstić information content (AvgIpc) is 2.58. The molecule has 0 amide bonds. The van der Waals surface area contributed by atoms with Crippen molar-refractivity contribution in [1.29, 1.82) is 0 Å². The summed E-state index contributed by atoms with van der Waals surface area (Å²) in [6.07, 6.45) is 8.96. The Morgan fingerprint density at radius 1 is 0.500 bits per heavy atom. The van der Waals surface area contributed by atoms with Gasteiger partial charge in [0.15, 0.2) is 0 Å². The summed E-state index contributed by atoms with van der Waals surface area (Å²) in [5, 5.41) is 3.56. The van der Waals surface area contributed by atoms with Crippen LogP contribution in [0, 0.1) is 0 Å². The van der Waals surface area contributed by atoms with Crippen molar-refractivity contribution in [3.63, 3.8) is 0 Å². The van der Waals surface area contributed by atoms with E-state index in [9.17, 15) is 0 Å². The Balaban J connectivity index is 1.37. The van der Waals surface area contributed by atoms with Gasteiger partial charge in [0.25, 0.3) is 0 Å². The maximum absolute atomic E-state index is 3.56. The molecule has 1 nitrogen and oxygen atoms in total. The maximum Gasteiger partial charge on any atom is -0.00457 e. The summed E-state index contributed by atoms with van der Waals surface area (Å²) in [5.41, 5.74) is 2.92. The van der Waals surface area contributed by atoms with Crippen molar-refractivity contribution in [3.05, 3.63) is 71.8 Å². The molecule has 0 atom stereocenters. The minimum Gasteiger partial charge on any atom is -0.317 e. The molecular weight excluding hydrogens is 266 g/mol. The normalized spacial score (nSPS) is 10.7. The molecule has 0 saturated carbocycles. The van der Waals surface area contributed by atoms with Gasteiger partial charge in [-0.25, -0.2) is 0 Å². The van der Waals surface area contributed by atoms with Gasteiger partial charge in [0.1, 0.15) is 0 Å². The van der Waals surface area contributed by atoms with Crippen molar-refractivity contribution in [2.24, 2.45) is 0 Å². The van der Waals surface area contributed by atoms with Crippen molar-refractivity contribution < 1.29 is 0 Å². The molecule has 2 aromatic carbocycles. The molecule has 118 valence electrons. The number of aryl methyl sites for hydroxylation is 2. The van der Waals surface area contributed by atoms with Gasteiger partial charge in [-0.3, -0.25) is 0 Å². The molecule has 22 heavy (non-hydrogen) atoms. The van der Waals surface area contributed by atoms with Crippen LogP contribution in [0.25, 0.3) is 0 Å². The quantitative estimate of drug-likeness (QED) is 0.574. The van der Waals surface area contributed by atoms with Crippen LogP contribution in [0.5, 0.6) is 0 Å². The fraction of sp³-hybridized carbons (Fsp3) is 0.429. The second-order valence-corrected chi connectivity index (χ2v) is 5.99. The summed E-state index contributed by atoms with van der Waals surface area (Å²) < 4.78 is 0. The third-order valence-electron chi connectivity index (χ3n) is 4.07. The van der Waals surface area contributed by atoms with E-state index in [4.69, 9.17) is 0 Å². The standard InChI is InChI=1S/C21H29N/c1(5-12-20-13-6-3-7-14-20)2-10-18-22-19-11-17-21-15-8-4-9-16-21/h3-4,6-9,13-16,22H,1-2,5,10-12,17-19H2. The Hall–Kier alpha value is -1.60. The molecule has 0 spiro atoms. The number of hydrogen-bond donors (Lipinski definition) is 1. The van der Waals surface area contributed by atoms with E-state index < -0.39 is 0 Å². The van der Waals surface area contributed by atoms with Crippen LogP contribution in [0.3, 0.4) is 0 Å². The van der Waals surface area contributed by atoms with Gasteiger partial charge < -0.3 is 5.32 Å². The predicted molar refractivity (Wildman–Crippen MR) is 96.2 cm³/mol. The Morgan fingerprint density at radius 3 is 1.64 bits per heavy atom. The third kappa shape index (κ3) is 7.42. The van der Waals surface area contributed by atoms with Crippen molar-refractivity contribution in [1.82, 2.24) is 5.32 Å². The zero-order valence-corrected chi connectivity index (χ0v) is 13.6. The minimum atomic E-state index is 1.14. The van der Waals surface area contributed by atoms with E-state index in [1.54, 1.807) is 0 Å². The van der Waals surface area contributed by atoms with Crippen molar-refractivity contribution in [3.8, 4) is 0 Å². The summed E-state index contributed by atoms with van der Waals surface area (Å²) in [5.74, 6) is 0. The van der Waals surface area contributed by atoms with Crippen LogP contribution >= 0.6 is 0 Å². The first-order valence-corrected chi connectivity index (χ1v) is 8.74. The maximum atomic E-state index is 3.56. The minimum absolute atomic E-state index is 1.14. The van der Waals surface area contributed by atoms with Crippen LogP contribution in [-0.4, -0.2) is 13.1 Å². The lowest BCUT2D eigenvalue weighted by Gasteiger charge is -2.05. The molecule has 0 aliphatic carbocycles. The number of benzene rings is 2. The Labute approximate surface area is 135 Å². The number of unbranched alkanes of at least 4 members (excludes halogenated alkanes) is 3. The first kappa shape index (κ1) is 16.8. The van der Waals surface area contributed by atoms with E-state index in [-0.39, 0.29) is 0 Å². The van der Waals surface area contributed by atoms with Crippen LogP contribution in [0.4, 0.5) is 0 Å². The third-order valence-corrected chi connectivity index (χ3v) is 4.07. The van der Waals surface area contributed by atoms with Gasteiger partial charge in [-0.2, -0.15) is 0 Å². The largest absolute Gasteiger partial charge is 0.317 e. The molecule has 0 saturated heterocycles. The van der Waals surface area contributed by atoms with Gasteiger partial charge >= 0.3 is 0 Å². The van der Waals surface area contributed by atoms with Crippen LogP contribution in [0.1, 0.15) is 43.2 Å². The molecule has 2 rings (SSSR count). The first-order chi connectivity index (χ1) is 10.9. The predicted octanol–water partition coefficient (Wildman–Crippen LogP) is 5.01. The molecule has 0 unspecified atom stereocenters. The molecule has 1 N–H and O–H groups in total. The Kier molecular flexibility index (Phi) is 8.41. The van der Waals surface area contributed by atoms with Gasteiger partial charge in [-0.1, -0.05) is 73.5 Å². The molecule has 0 fully saturated rings. The van der Waals surface area contributed by atoms with Crippen molar-refractivity contribution >= 4 is 0 Å². The topological polar surface area (TPSA) is 12.0 Å². The molecule has 2 aromatic rings. The Bertz CT molecular complexity index is 430. The lowest BCUT2D eigenvalue weighted by Crippen LogP contribution is -2.17. The summed E-state index contributed by atoms with van der Waals surface area (Å²) in [6.45, 7) is 2.30. The van der Waals surface area contributed by atoms with E-state index in [1.807, 2.05) is 0 Å². The van der Waals surface area contributed by atoms with Crippen LogP contribution in [-0.2, 0) is 12.8 Å². The average molecular weight is 295 g/mol. The fourth-order valence-corrected chi connectivity index (χ4v) is 2.76. The van der Waals surface area contributed by atoms with Gasteiger partial charge in [0.2, 0.25) is 0 Å². The van der Waals surface area contributed by atoms with Crippen LogP contribution in [0.2, 0.25) is 0 Å². The van der Waals surface area contributed by atoms with Crippen molar-refractivity contribution in [2.45, 2.75) is 44.9 Å². The summed E-state index contributed by atoms with van der Waals surface area (Å²) in [7, 11) is 0. The molecule has 0 aliphatic heterocycles. The molecular formula is C21H29N. The summed E-state index contributed by atoms with van der Waals surface area (Å²) in [4.78, 5) is 0. The lowest BCUT2D eigenvalue weighted by atomic mass is 10.1. The van der Waals surface area contributed by atoms with E-state index in [1.165, 1.54) is 62.6 Å². The second-order valence-electron chi connectivity index (χ2n) is 5.99. The molecule has 0 heterocycles. The van der Waals surface area contributed by atoms with E-state index >= 15 is 0 Å². The Morgan fingerprint density at radius 2 is 1.00 bits per heavy atom. The highest BCUT2D eigenvalue weighted by Gasteiger charge is 1.94. The zero-order chi connectivity index (χ0) is 15.3. The number of rotatable bonds is 11. The fourth-order valence-electron chi connectivity index (χ4n) is 2.76. The smallest absolute Gasteiger partial charge is 0.00457 e. The van der Waals surface area contributed by atoms with Gasteiger partial charge in [-0.15, -0.1) is 0 Å². The van der Waals surface area contributed by atoms with E-state index in [0.717, 1.165) is 6.54 Å². The first-order valence-electron chi connectivity index (χ1n) is 8.74. The van der Waals surface area contributed by atoms with Crippen molar-refractivity contribution in [2.75, 3.05) is 13.1 Å². The summed E-state index contributed by atoms with van der Waals surface area (Å²) >= 11 is 0. The molecule has 0 bridgehead atoms. The van der Waals surface area contributed by atoms with Gasteiger partial charge in [-0.05, 0) is 56.3 Å². The SMILES string of the molecule is c1ccc(CCCCCCNCCCc2ccccc2)cc1. The monoisotopic (exact) mass is 295 g/mol. The van der Waals surface area contributed by atoms with E-state index in [0.29, 0.717) is 0 Å². The van der Waals surface area contributed by atoms with Crippen LogP contribution in [0.15, 0.2) is 60.7 Å². The summed E-state index contributed by atoms with van der Waals surface area (Å²) in [6, 6.07) is 21.6. The van der Waals surface area contributed by atoms with Crippen LogP contribution < -0.4 is 5.32 Å². The highest BCUT2D eigenvalue weighted by molar-refractivity contribution is 5.15. The van der Waals surface area contributed by atoms with Gasteiger partial charge in [0.05, 0.1) is 0 Å². The highest BCUT2D eigenvalue weighted by Crippen LogP contribution is 2.07. The second kappa shape index (κ2) is 11.0. The lowest BCUT2D eigenvalue weighted by molar-refractivity contribution is 0.577. The number of hydrogen-bond acceptors (Lipinski definition) is 1. The molecule has 0 aromatic heterocycles. The molecule has 1 heteroatoms.